The molecule has 1 rings (SSSR count). The minimum Gasteiger partial charge on any atom is -0.247 e. The van der Waals surface area contributed by atoms with Gasteiger partial charge in [0.1, 0.15) is 0 Å². The van der Waals surface area contributed by atoms with E-state index in [0.29, 0.717) is 12.0 Å². The van der Waals surface area contributed by atoms with Gasteiger partial charge in [-0.1, -0.05) is 90.2 Å². The van der Waals surface area contributed by atoms with Crippen LogP contribution in [0.5, 0.6) is 0 Å². The predicted molar refractivity (Wildman–Crippen MR) is 113 cm³/mol. The number of hydrogen-bond acceptors (Lipinski definition) is 4. The molecule has 0 saturated carbocycles. The lowest BCUT2D eigenvalue weighted by atomic mass is 10.1. The van der Waals surface area contributed by atoms with Crippen LogP contribution >= 0.6 is 0 Å². The summed E-state index contributed by atoms with van der Waals surface area (Å²) in [4.78, 5) is 33.0. The fraction of sp³-hybridized carbons (Fsp3) is 0.667. The van der Waals surface area contributed by atoms with Gasteiger partial charge in [-0.2, -0.15) is 0 Å². The lowest BCUT2D eigenvalue weighted by molar-refractivity contribution is -0.234. The van der Waals surface area contributed by atoms with Gasteiger partial charge in [0.05, 0.1) is 12.0 Å². The van der Waals surface area contributed by atoms with Crippen molar-refractivity contribution in [3.05, 3.63) is 35.4 Å². The molecule has 0 fully saturated rings. The molecule has 0 aliphatic rings. The Labute approximate surface area is 170 Å². The van der Waals surface area contributed by atoms with E-state index in [1.807, 2.05) is 12.1 Å². The van der Waals surface area contributed by atoms with E-state index in [9.17, 15) is 9.59 Å². The fourth-order valence-electron chi connectivity index (χ4n) is 3.14. The van der Waals surface area contributed by atoms with E-state index in [0.717, 1.165) is 32.1 Å². The van der Waals surface area contributed by atoms with Crippen LogP contribution in [0.25, 0.3) is 0 Å². The molecule has 0 unspecified atom stereocenters. The Bertz CT molecular complexity index is 536. The molecule has 0 aliphatic carbocycles. The molecular weight excluding hydrogens is 352 g/mol. The molecule has 0 heterocycles. The maximum Gasteiger partial charge on any atom is 0.386 e. The van der Waals surface area contributed by atoms with Crippen LogP contribution in [0.3, 0.4) is 0 Å². The number of benzene rings is 1. The highest BCUT2D eigenvalue weighted by molar-refractivity contribution is 5.89. The SMILES string of the molecule is CCCCCCCCCCCC(=O)OOC(=O)c1ccc(CCCCC)cc1. The second-order valence-corrected chi connectivity index (χ2v) is 7.56. The zero-order chi connectivity index (χ0) is 20.5. The molecule has 0 radical (unpaired) electrons. The maximum atomic E-state index is 11.9. The average Bonchev–Trinajstić information content (AvgIpc) is 2.71. The third-order valence-electron chi connectivity index (χ3n) is 4.95. The molecule has 0 atom stereocenters. The number of carbonyl (C=O) groups is 2. The van der Waals surface area contributed by atoms with Gasteiger partial charge in [0.25, 0.3) is 0 Å². The van der Waals surface area contributed by atoms with Crippen molar-refractivity contribution < 1.29 is 19.4 Å². The van der Waals surface area contributed by atoms with Crippen molar-refractivity contribution in [1.82, 2.24) is 0 Å². The third kappa shape index (κ3) is 11.8. The molecule has 4 nitrogen and oxygen atoms in total. The largest absolute Gasteiger partial charge is 0.386 e. The van der Waals surface area contributed by atoms with Gasteiger partial charge in [0.2, 0.25) is 0 Å². The first-order chi connectivity index (χ1) is 13.7. The van der Waals surface area contributed by atoms with Crippen LogP contribution in [0.2, 0.25) is 0 Å². The van der Waals surface area contributed by atoms with E-state index in [-0.39, 0.29) is 0 Å². The zero-order valence-electron chi connectivity index (χ0n) is 17.8. The molecule has 0 saturated heterocycles. The first-order valence-electron chi connectivity index (χ1n) is 11.2. The molecule has 0 spiro atoms. The monoisotopic (exact) mass is 390 g/mol. The molecule has 158 valence electrons. The number of unbranched alkanes of at least 4 members (excludes halogenated alkanes) is 10. The summed E-state index contributed by atoms with van der Waals surface area (Å²) < 4.78 is 0. The van der Waals surface area contributed by atoms with Crippen molar-refractivity contribution in [1.29, 1.82) is 0 Å². The number of rotatable bonds is 15. The van der Waals surface area contributed by atoms with Crippen LogP contribution in [-0.4, -0.2) is 11.9 Å². The molecule has 0 amide bonds. The van der Waals surface area contributed by atoms with Crippen LogP contribution in [0.15, 0.2) is 24.3 Å². The summed E-state index contributed by atoms with van der Waals surface area (Å²) in [7, 11) is 0. The summed E-state index contributed by atoms with van der Waals surface area (Å²) in [6.45, 7) is 4.40. The second kappa shape index (κ2) is 16.1. The first kappa shape index (κ1) is 24.2. The Morgan fingerprint density at radius 3 is 1.82 bits per heavy atom. The summed E-state index contributed by atoms with van der Waals surface area (Å²) in [5.74, 6) is -1.10. The Morgan fingerprint density at radius 2 is 1.21 bits per heavy atom. The van der Waals surface area contributed by atoms with Gasteiger partial charge >= 0.3 is 11.9 Å². The van der Waals surface area contributed by atoms with Crippen LogP contribution in [0, 0.1) is 0 Å². The normalized spacial score (nSPS) is 10.6. The number of hydrogen-bond donors (Lipinski definition) is 0. The maximum absolute atomic E-state index is 11.9. The Kier molecular flexibility index (Phi) is 14.0. The molecule has 1 aromatic carbocycles. The van der Waals surface area contributed by atoms with Crippen molar-refractivity contribution in [3.63, 3.8) is 0 Å². The van der Waals surface area contributed by atoms with E-state index in [1.54, 1.807) is 12.1 Å². The van der Waals surface area contributed by atoms with E-state index in [4.69, 9.17) is 0 Å². The van der Waals surface area contributed by atoms with E-state index in [1.165, 1.54) is 56.9 Å². The molecule has 0 aliphatic heterocycles. The van der Waals surface area contributed by atoms with E-state index in [2.05, 4.69) is 23.6 Å². The zero-order valence-corrected chi connectivity index (χ0v) is 17.8. The molecule has 1 aromatic rings. The van der Waals surface area contributed by atoms with Crippen molar-refractivity contribution in [2.75, 3.05) is 0 Å². The third-order valence-corrected chi connectivity index (χ3v) is 4.95. The standard InChI is InChI=1S/C24H38O4/c1-3-5-7-8-9-10-11-12-14-16-23(25)27-28-24(26)22-19-17-21(18-20-22)15-13-6-4-2/h17-20H,3-16H2,1-2H3. The Hall–Kier alpha value is -1.84. The van der Waals surface area contributed by atoms with Crippen molar-refractivity contribution in [2.24, 2.45) is 0 Å². The summed E-state index contributed by atoms with van der Waals surface area (Å²) in [6, 6.07) is 7.29. The van der Waals surface area contributed by atoms with E-state index >= 15 is 0 Å². The lowest BCUT2D eigenvalue weighted by Crippen LogP contribution is -2.11. The van der Waals surface area contributed by atoms with Crippen LogP contribution in [0.1, 0.15) is 113 Å². The molecule has 0 bridgehead atoms. The molecular formula is C24H38O4. The predicted octanol–water partition coefficient (Wildman–Crippen LogP) is 6.96. The smallest absolute Gasteiger partial charge is 0.247 e. The fourth-order valence-corrected chi connectivity index (χ4v) is 3.14. The number of carbonyl (C=O) groups excluding carboxylic acids is 2. The minimum absolute atomic E-state index is 0.291. The highest BCUT2D eigenvalue weighted by Crippen LogP contribution is 2.12. The van der Waals surface area contributed by atoms with Crippen LogP contribution in [-0.2, 0) is 21.0 Å². The molecule has 0 N–H and O–H groups in total. The van der Waals surface area contributed by atoms with Crippen LogP contribution in [0.4, 0.5) is 0 Å². The van der Waals surface area contributed by atoms with Gasteiger partial charge in [-0.05, 0) is 37.0 Å². The summed E-state index contributed by atoms with van der Waals surface area (Å²) >= 11 is 0. The number of aryl methyl sites for hydroxylation is 1. The quantitative estimate of drug-likeness (QED) is 0.185. The summed E-state index contributed by atoms with van der Waals surface area (Å²) in [5.41, 5.74) is 1.60. The first-order valence-corrected chi connectivity index (χ1v) is 11.2. The summed E-state index contributed by atoms with van der Waals surface area (Å²) in [6.07, 6.45) is 15.5. The summed E-state index contributed by atoms with van der Waals surface area (Å²) in [5, 5.41) is 0. The van der Waals surface area contributed by atoms with Crippen LogP contribution < -0.4 is 0 Å². The average molecular weight is 391 g/mol. The highest BCUT2D eigenvalue weighted by Gasteiger charge is 2.12. The molecule has 4 heteroatoms. The second-order valence-electron chi connectivity index (χ2n) is 7.56. The van der Waals surface area contributed by atoms with Gasteiger partial charge in [-0.25, -0.2) is 19.4 Å². The topological polar surface area (TPSA) is 52.6 Å². The molecule has 0 aromatic heterocycles. The Balaban J connectivity index is 2.10. The molecule has 28 heavy (non-hydrogen) atoms. The Morgan fingerprint density at radius 1 is 0.679 bits per heavy atom. The minimum atomic E-state index is -0.625. The van der Waals surface area contributed by atoms with Gasteiger partial charge in [0, 0.05) is 0 Å². The van der Waals surface area contributed by atoms with Gasteiger partial charge in [-0.3, -0.25) is 0 Å². The highest BCUT2D eigenvalue weighted by atomic mass is 17.2. The van der Waals surface area contributed by atoms with Gasteiger partial charge in [0.15, 0.2) is 0 Å². The van der Waals surface area contributed by atoms with Crippen molar-refractivity contribution in [2.45, 2.75) is 104 Å². The van der Waals surface area contributed by atoms with Gasteiger partial charge < -0.3 is 0 Å². The van der Waals surface area contributed by atoms with Crippen molar-refractivity contribution >= 4 is 11.9 Å². The lowest BCUT2D eigenvalue weighted by Gasteiger charge is -2.05. The van der Waals surface area contributed by atoms with Crippen molar-refractivity contribution in [3.8, 4) is 0 Å². The van der Waals surface area contributed by atoms with E-state index < -0.39 is 11.9 Å². The van der Waals surface area contributed by atoms with Gasteiger partial charge in [-0.15, -0.1) is 0 Å².